The summed E-state index contributed by atoms with van der Waals surface area (Å²) in [6.45, 7) is 11.8. The van der Waals surface area contributed by atoms with Crippen LogP contribution in [0.4, 0.5) is 11.4 Å². The zero-order chi connectivity index (χ0) is 37.5. The van der Waals surface area contributed by atoms with Crippen molar-refractivity contribution in [2.75, 3.05) is 5.73 Å². The molecule has 55 heavy (non-hydrogen) atoms. The van der Waals surface area contributed by atoms with Crippen LogP contribution in [-0.4, -0.2) is 4.57 Å². The summed E-state index contributed by atoms with van der Waals surface area (Å²) in [5.41, 5.74) is 23.3. The summed E-state index contributed by atoms with van der Waals surface area (Å²) in [5.74, 6) is 0. The lowest BCUT2D eigenvalue weighted by atomic mass is 9.88. The second-order valence-corrected chi connectivity index (χ2v) is 14.3. The number of nitrogens with zero attached hydrogens (tertiary/aromatic N) is 2. The van der Waals surface area contributed by atoms with E-state index in [9.17, 15) is 0 Å². The van der Waals surface area contributed by atoms with Gasteiger partial charge in [-0.2, -0.15) is 0 Å². The molecule has 0 aliphatic rings. The van der Waals surface area contributed by atoms with E-state index in [1.807, 2.05) is 25.1 Å². The summed E-state index contributed by atoms with van der Waals surface area (Å²) in [6, 6.07) is 58.4. The van der Waals surface area contributed by atoms with Crippen LogP contribution in [0.1, 0.15) is 29.2 Å². The van der Waals surface area contributed by atoms with E-state index in [4.69, 9.17) is 12.3 Å². The van der Waals surface area contributed by atoms with Gasteiger partial charge in [-0.05, 0) is 124 Å². The van der Waals surface area contributed by atoms with Crippen LogP contribution in [0.15, 0.2) is 170 Å². The average molecular weight is 706 g/mol. The molecule has 0 amide bonds. The summed E-state index contributed by atoms with van der Waals surface area (Å²) >= 11 is 0. The molecule has 0 spiro atoms. The molecule has 262 valence electrons. The molecule has 0 radical (unpaired) electrons. The molecular weight excluding hydrogens is 667 g/mol. The Balaban J connectivity index is 1.09. The molecule has 8 aromatic carbocycles. The lowest BCUT2D eigenvalue weighted by molar-refractivity contribution is 1.18. The smallest absolute Gasteiger partial charge is 0.189 e. The first-order chi connectivity index (χ1) is 27.0. The molecule has 0 saturated heterocycles. The highest BCUT2D eigenvalue weighted by Crippen LogP contribution is 2.39. The number of aromatic nitrogens is 1. The molecule has 0 aliphatic heterocycles. The molecule has 9 aromatic rings. The molecule has 0 aliphatic carbocycles. The number of benzene rings is 8. The van der Waals surface area contributed by atoms with Crippen molar-refractivity contribution >= 4 is 50.0 Å². The number of fused-ring (bicyclic) bond motifs is 4. The fraction of sp³-hybridized carbons (Fsp3) is 0.0577. The van der Waals surface area contributed by atoms with Gasteiger partial charge in [0, 0.05) is 33.2 Å². The standard InChI is InChI=1S/C52H39N3/c1-4-11-36-22-25-47(52(53)34(36)2)48-31-41-21-20-39(29-42(41)30-43(48)28-35-12-7-5-8-13-35)37-16-18-38(19-17-37)40-23-27-50-49(32-40)46-26-24-44(54-3)33-51(46)55(50)45-14-9-6-10-15-45/h4-27,29-33H,28,53H2,1-2H3/b11-4-. The molecule has 1 aromatic heterocycles. The van der Waals surface area contributed by atoms with Crippen molar-refractivity contribution in [1.82, 2.24) is 4.57 Å². The zero-order valence-electron chi connectivity index (χ0n) is 30.9. The maximum atomic E-state index is 7.63. The minimum Gasteiger partial charge on any atom is -0.398 e. The van der Waals surface area contributed by atoms with Crippen molar-refractivity contribution in [3.8, 4) is 39.1 Å². The molecule has 2 N–H and O–H groups in total. The van der Waals surface area contributed by atoms with Gasteiger partial charge in [0.05, 0.1) is 12.1 Å². The van der Waals surface area contributed by atoms with E-state index in [1.54, 1.807) is 0 Å². The number of allylic oxidation sites excluding steroid dienone is 1. The van der Waals surface area contributed by atoms with Gasteiger partial charge < -0.3 is 10.3 Å². The summed E-state index contributed by atoms with van der Waals surface area (Å²) in [7, 11) is 0. The summed E-state index contributed by atoms with van der Waals surface area (Å²) < 4.78 is 2.26. The summed E-state index contributed by atoms with van der Waals surface area (Å²) in [5, 5.41) is 4.70. The molecule has 9 rings (SSSR count). The number of para-hydroxylation sites is 1. The number of hydrogen-bond donors (Lipinski definition) is 1. The molecular formula is C52H39N3. The second-order valence-electron chi connectivity index (χ2n) is 14.3. The minimum atomic E-state index is 0.639. The number of nitrogens with two attached hydrogens (primary N) is 1. The van der Waals surface area contributed by atoms with E-state index < -0.39 is 0 Å². The number of rotatable bonds is 7. The van der Waals surface area contributed by atoms with Crippen LogP contribution >= 0.6 is 0 Å². The first-order valence-electron chi connectivity index (χ1n) is 18.7. The molecule has 3 heteroatoms. The van der Waals surface area contributed by atoms with Gasteiger partial charge in [-0.1, -0.05) is 133 Å². The fourth-order valence-electron chi connectivity index (χ4n) is 8.05. The van der Waals surface area contributed by atoms with Crippen molar-refractivity contribution in [2.24, 2.45) is 0 Å². The van der Waals surface area contributed by atoms with Gasteiger partial charge in [0.2, 0.25) is 0 Å². The van der Waals surface area contributed by atoms with Gasteiger partial charge in [-0.15, -0.1) is 0 Å². The first-order valence-corrected chi connectivity index (χ1v) is 18.7. The van der Waals surface area contributed by atoms with Crippen LogP contribution in [-0.2, 0) is 6.42 Å². The van der Waals surface area contributed by atoms with Crippen molar-refractivity contribution < 1.29 is 0 Å². The predicted octanol–water partition coefficient (Wildman–Crippen LogP) is 14.0. The Labute approximate surface area is 322 Å². The molecule has 0 bridgehead atoms. The Bertz CT molecular complexity index is 2960. The van der Waals surface area contributed by atoms with Crippen molar-refractivity contribution in [3.05, 3.63) is 204 Å². The Hall–Kier alpha value is -7.15. The average Bonchev–Trinajstić information content (AvgIpc) is 3.56. The largest absolute Gasteiger partial charge is 0.398 e. The summed E-state index contributed by atoms with van der Waals surface area (Å²) in [4.78, 5) is 3.72. The van der Waals surface area contributed by atoms with Gasteiger partial charge in [0.1, 0.15) is 0 Å². The monoisotopic (exact) mass is 705 g/mol. The zero-order valence-corrected chi connectivity index (χ0v) is 30.9. The highest BCUT2D eigenvalue weighted by atomic mass is 15.0. The van der Waals surface area contributed by atoms with E-state index in [0.717, 1.165) is 62.0 Å². The van der Waals surface area contributed by atoms with Crippen LogP contribution in [0.25, 0.3) is 82.6 Å². The van der Waals surface area contributed by atoms with E-state index in [1.165, 1.54) is 44.0 Å². The molecule has 0 saturated carbocycles. The topological polar surface area (TPSA) is 35.3 Å². The Morgan fingerprint density at radius 3 is 2.02 bits per heavy atom. The van der Waals surface area contributed by atoms with Gasteiger partial charge in [-0.3, -0.25) is 0 Å². The number of hydrogen-bond acceptors (Lipinski definition) is 1. The van der Waals surface area contributed by atoms with Crippen LogP contribution in [0.3, 0.4) is 0 Å². The minimum absolute atomic E-state index is 0.639. The highest BCUT2D eigenvalue weighted by Gasteiger charge is 2.16. The number of anilines is 1. The van der Waals surface area contributed by atoms with E-state index in [2.05, 4.69) is 174 Å². The third-order valence-corrected chi connectivity index (χ3v) is 10.9. The normalized spacial score (nSPS) is 11.5. The third-order valence-electron chi connectivity index (χ3n) is 10.9. The Morgan fingerprint density at radius 2 is 1.29 bits per heavy atom. The Kier molecular flexibility index (Phi) is 8.58. The second kappa shape index (κ2) is 14.0. The molecule has 0 atom stereocenters. The molecule has 3 nitrogen and oxygen atoms in total. The lowest BCUT2D eigenvalue weighted by Gasteiger charge is -2.17. The Morgan fingerprint density at radius 1 is 0.600 bits per heavy atom. The van der Waals surface area contributed by atoms with E-state index >= 15 is 0 Å². The van der Waals surface area contributed by atoms with Crippen molar-refractivity contribution in [1.29, 1.82) is 0 Å². The highest BCUT2D eigenvalue weighted by molar-refractivity contribution is 6.11. The van der Waals surface area contributed by atoms with E-state index in [0.29, 0.717) is 5.69 Å². The SMILES string of the molecule is [C-]#[N+]c1ccc2c3cc(-c4ccc(-c5ccc6cc(-c7ccc(/C=C\C)c(C)c7N)c(Cc7ccccc7)cc6c5)cc4)ccc3n(-c3ccccc3)c2c1. The van der Waals surface area contributed by atoms with Gasteiger partial charge in [0.15, 0.2) is 5.69 Å². The van der Waals surface area contributed by atoms with Crippen LogP contribution < -0.4 is 5.73 Å². The van der Waals surface area contributed by atoms with Crippen LogP contribution in [0.2, 0.25) is 0 Å². The maximum absolute atomic E-state index is 7.63. The van der Waals surface area contributed by atoms with Crippen LogP contribution in [0.5, 0.6) is 0 Å². The van der Waals surface area contributed by atoms with Gasteiger partial charge in [-0.25, -0.2) is 4.85 Å². The molecule has 0 fully saturated rings. The lowest BCUT2D eigenvalue weighted by Crippen LogP contribution is -1.99. The summed E-state index contributed by atoms with van der Waals surface area (Å²) in [6.07, 6.45) is 4.99. The van der Waals surface area contributed by atoms with Gasteiger partial charge >= 0.3 is 0 Å². The van der Waals surface area contributed by atoms with Crippen LogP contribution in [0, 0.1) is 13.5 Å². The quantitative estimate of drug-likeness (QED) is 0.130. The molecule has 1 heterocycles. The van der Waals surface area contributed by atoms with Crippen molar-refractivity contribution in [2.45, 2.75) is 20.3 Å². The predicted molar refractivity (Wildman–Crippen MR) is 234 cm³/mol. The number of nitrogen functional groups attached to an aromatic ring is 1. The maximum Gasteiger partial charge on any atom is 0.189 e. The third kappa shape index (κ3) is 6.14. The molecule has 0 unspecified atom stereocenters. The van der Waals surface area contributed by atoms with E-state index in [-0.39, 0.29) is 0 Å². The van der Waals surface area contributed by atoms with Crippen molar-refractivity contribution in [3.63, 3.8) is 0 Å². The first kappa shape index (κ1) is 33.7. The fourth-order valence-corrected chi connectivity index (χ4v) is 8.05. The van der Waals surface area contributed by atoms with Gasteiger partial charge in [0.25, 0.3) is 0 Å².